The molecule has 0 aliphatic carbocycles. The molecule has 3 rings (SSSR count). The molecule has 1 heterocycles. The SMILES string of the molecule is CC(C)(C)C(NC(=O)C1CCN(S(=O)(=O)c2ccccc2F)CC1)c1ccccc1. The van der Waals surface area contributed by atoms with Crippen molar-refractivity contribution < 1.29 is 17.6 Å². The fourth-order valence-corrected chi connectivity index (χ4v) is 5.39. The number of carbonyl (C=O) groups is 1. The summed E-state index contributed by atoms with van der Waals surface area (Å²) in [7, 11) is -3.90. The predicted molar refractivity (Wildman–Crippen MR) is 115 cm³/mol. The number of nitrogens with zero attached hydrogens (tertiary/aromatic N) is 1. The van der Waals surface area contributed by atoms with E-state index in [0.29, 0.717) is 12.8 Å². The molecule has 2 aromatic carbocycles. The van der Waals surface area contributed by atoms with E-state index >= 15 is 0 Å². The topological polar surface area (TPSA) is 66.5 Å². The second-order valence-corrected chi connectivity index (χ2v) is 10.7. The fourth-order valence-electron chi connectivity index (χ4n) is 3.86. The zero-order valence-corrected chi connectivity index (χ0v) is 18.5. The summed E-state index contributed by atoms with van der Waals surface area (Å²) in [6.07, 6.45) is 0.816. The van der Waals surface area contributed by atoms with Gasteiger partial charge in [-0.1, -0.05) is 63.2 Å². The minimum absolute atomic E-state index is 0.0679. The lowest BCUT2D eigenvalue weighted by Gasteiger charge is -2.35. The molecule has 0 spiro atoms. The standard InChI is InChI=1S/C23H29FN2O3S/c1-23(2,3)21(17-9-5-4-6-10-17)25-22(27)18-13-15-26(16-14-18)30(28,29)20-12-8-7-11-19(20)24/h4-12,18,21H,13-16H2,1-3H3,(H,25,27). The number of sulfonamides is 1. The Morgan fingerprint density at radius 3 is 2.17 bits per heavy atom. The molecule has 1 amide bonds. The number of amides is 1. The first-order chi connectivity index (χ1) is 14.1. The van der Waals surface area contributed by atoms with Crippen LogP contribution < -0.4 is 5.32 Å². The van der Waals surface area contributed by atoms with Crippen molar-refractivity contribution in [3.05, 3.63) is 66.0 Å². The van der Waals surface area contributed by atoms with Crippen molar-refractivity contribution in [1.29, 1.82) is 0 Å². The molecule has 0 bridgehead atoms. The van der Waals surface area contributed by atoms with Gasteiger partial charge in [0.1, 0.15) is 10.7 Å². The van der Waals surface area contributed by atoms with E-state index in [1.165, 1.54) is 22.5 Å². The highest BCUT2D eigenvalue weighted by atomic mass is 32.2. The fraction of sp³-hybridized carbons (Fsp3) is 0.435. The van der Waals surface area contributed by atoms with Crippen LogP contribution >= 0.6 is 0 Å². The van der Waals surface area contributed by atoms with Gasteiger partial charge in [-0.15, -0.1) is 0 Å². The summed E-state index contributed by atoms with van der Waals surface area (Å²) in [5, 5.41) is 3.17. The Kier molecular flexibility index (Phi) is 6.62. The van der Waals surface area contributed by atoms with Crippen LogP contribution in [0, 0.1) is 17.2 Å². The Hall–Kier alpha value is -2.25. The van der Waals surface area contributed by atoms with Crippen LogP contribution in [0.2, 0.25) is 0 Å². The summed E-state index contributed by atoms with van der Waals surface area (Å²) in [6.45, 7) is 6.62. The maximum absolute atomic E-state index is 14.0. The van der Waals surface area contributed by atoms with Crippen LogP contribution in [0.25, 0.3) is 0 Å². The molecule has 0 radical (unpaired) electrons. The molecular weight excluding hydrogens is 403 g/mol. The van der Waals surface area contributed by atoms with Crippen molar-refractivity contribution in [2.45, 2.75) is 44.6 Å². The number of benzene rings is 2. The van der Waals surface area contributed by atoms with Crippen LogP contribution in [-0.4, -0.2) is 31.7 Å². The molecular formula is C23H29FN2O3S. The van der Waals surface area contributed by atoms with Gasteiger partial charge in [0.05, 0.1) is 6.04 Å². The lowest BCUT2D eigenvalue weighted by molar-refractivity contribution is -0.127. The average Bonchev–Trinajstić information content (AvgIpc) is 2.72. The van der Waals surface area contributed by atoms with Crippen LogP contribution in [-0.2, 0) is 14.8 Å². The molecule has 1 fully saturated rings. The Morgan fingerprint density at radius 1 is 1.03 bits per heavy atom. The Morgan fingerprint density at radius 2 is 1.60 bits per heavy atom. The first-order valence-corrected chi connectivity index (χ1v) is 11.6. The van der Waals surface area contributed by atoms with Gasteiger partial charge in [-0.3, -0.25) is 4.79 Å². The van der Waals surface area contributed by atoms with E-state index in [1.54, 1.807) is 0 Å². The maximum atomic E-state index is 14.0. The van der Waals surface area contributed by atoms with Crippen molar-refractivity contribution in [1.82, 2.24) is 9.62 Å². The number of nitrogens with one attached hydrogen (secondary N) is 1. The highest BCUT2D eigenvalue weighted by molar-refractivity contribution is 7.89. The molecule has 7 heteroatoms. The van der Waals surface area contributed by atoms with Crippen molar-refractivity contribution in [2.75, 3.05) is 13.1 Å². The van der Waals surface area contributed by atoms with Gasteiger partial charge in [0.2, 0.25) is 15.9 Å². The first kappa shape index (κ1) is 22.4. The summed E-state index contributed by atoms with van der Waals surface area (Å²) < 4.78 is 40.8. The summed E-state index contributed by atoms with van der Waals surface area (Å²) in [5.41, 5.74) is 0.865. The van der Waals surface area contributed by atoms with E-state index in [9.17, 15) is 17.6 Å². The van der Waals surface area contributed by atoms with E-state index in [2.05, 4.69) is 26.1 Å². The van der Waals surface area contributed by atoms with E-state index in [1.807, 2.05) is 30.3 Å². The lowest BCUT2D eigenvalue weighted by Crippen LogP contribution is -2.45. The maximum Gasteiger partial charge on any atom is 0.245 e. The van der Waals surface area contributed by atoms with E-state index < -0.39 is 15.8 Å². The van der Waals surface area contributed by atoms with E-state index in [4.69, 9.17) is 0 Å². The van der Waals surface area contributed by atoms with E-state index in [0.717, 1.165) is 11.6 Å². The number of halogens is 1. The largest absolute Gasteiger partial charge is 0.349 e. The van der Waals surface area contributed by atoms with Crippen molar-refractivity contribution in [3.63, 3.8) is 0 Å². The molecule has 1 saturated heterocycles. The summed E-state index contributed by atoms with van der Waals surface area (Å²) >= 11 is 0. The number of rotatable bonds is 5. The zero-order valence-electron chi connectivity index (χ0n) is 17.6. The van der Waals surface area contributed by atoms with Crippen molar-refractivity contribution >= 4 is 15.9 Å². The van der Waals surface area contributed by atoms with Crippen LogP contribution in [0.3, 0.4) is 0 Å². The van der Waals surface area contributed by atoms with Gasteiger partial charge in [-0.25, -0.2) is 12.8 Å². The molecule has 1 aliphatic heterocycles. The quantitative estimate of drug-likeness (QED) is 0.773. The lowest BCUT2D eigenvalue weighted by atomic mass is 9.81. The van der Waals surface area contributed by atoms with Gasteiger partial charge >= 0.3 is 0 Å². The van der Waals surface area contributed by atoms with Gasteiger partial charge in [0.25, 0.3) is 0 Å². The number of piperidine rings is 1. The third kappa shape index (κ3) is 4.90. The highest BCUT2D eigenvalue weighted by Crippen LogP contribution is 2.34. The molecule has 162 valence electrons. The third-order valence-corrected chi connectivity index (χ3v) is 7.50. The minimum atomic E-state index is -3.90. The third-order valence-electron chi connectivity index (χ3n) is 5.56. The number of hydrogen-bond acceptors (Lipinski definition) is 3. The summed E-state index contributed by atoms with van der Waals surface area (Å²) in [4.78, 5) is 12.7. The molecule has 1 unspecified atom stereocenters. The van der Waals surface area contributed by atoms with Crippen LogP contribution in [0.15, 0.2) is 59.5 Å². The van der Waals surface area contributed by atoms with Gasteiger partial charge in [-0.05, 0) is 36.0 Å². The van der Waals surface area contributed by atoms with Crippen molar-refractivity contribution in [3.8, 4) is 0 Å². The molecule has 1 aliphatic rings. The predicted octanol–water partition coefficient (Wildman–Crippen LogP) is 4.13. The molecule has 0 aromatic heterocycles. The second-order valence-electron chi connectivity index (χ2n) is 8.83. The number of carbonyl (C=O) groups excluding carboxylic acids is 1. The summed E-state index contributed by atoms with van der Waals surface area (Å²) in [5.74, 6) is -1.10. The Bertz CT molecular complexity index is 979. The number of hydrogen-bond donors (Lipinski definition) is 1. The van der Waals surface area contributed by atoms with Gasteiger partial charge in [0, 0.05) is 19.0 Å². The molecule has 1 atom stereocenters. The van der Waals surface area contributed by atoms with Gasteiger partial charge in [0.15, 0.2) is 0 Å². The van der Waals surface area contributed by atoms with Gasteiger partial charge < -0.3 is 5.32 Å². The Balaban J connectivity index is 1.67. The van der Waals surface area contributed by atoms with E-state index in [-0.39, 0.29) is 41.3 Å². The smallest absolute Gasteiger partial charge is 0.245 e. The molecule has 2 aromatic rings. The normalized spacial score (nSPS) is 17.5. The van der Waals surface area contributed by atoms with Crippen LogP contribution in [0.5, 0.6) is 0 Å². The first-order valence-electron chi connectivity index (χ1n) is 10.2. The second kappa shape index (κ2) is 8.86. The molecule has 0 saturated carbocycles. The zero-order chi connectivity index (χ0) is 21.9. The van der Waals surface area contributed by atoms with Crippen LogP contribution in [0.1, 0.15) is 45.2 Å². The average molecular weight is 433 g/mol. The molecule has 1 N–H and O–H groups in total. The monoisotopic (exact) mass is 432 g/mol. The van der Waals surface area contributed by atoms with Gasteiger partial charge in [-0.2, -0.15) is 4.31 Å². The minimum Gasteiger partial charge on any atom is -0.349 e. The highest BCUT2D eigenvalue weighted by Gasteiger charge is 2.35. The van der Waals surface area contributed by atoms with Crippen LogP contribution in [0.4, 0.5) is 4.39 Å². The summed E-state index contributed by atoms with van der Waals surface area (Å²) in [6, 6.07) is 15.1. The molecule has 30 heavy (non-hydrogen) atoms. The Labute approximate surface area is 178 Å². The van der Waals surface area contributed by atoms with Crippen molar-refractivity contribution in [2.24, 2.45) is 11.3 Å². The molecule has 5 nitrogen and oxygen atoms in total.